The second-order valence-electron chi connectivity index (χ2n) is 3.91. The van der Waals surface area contributed by atoms with Crippen LogP contribution in [-0.2, 0) is 6.54 Å². The molecule has 0 amide bonds. The lowest BCUT2D eigenvalue weighted by Crippen LogP contribution is -1.92. The van der Waals surface area contributed by atoms with Gasteiger partial charge in [0.05, 0.1) is 11.6 Å². The molecule has 2 aromatic heterocycles. The lowest BCUT2D eigenvalue weighted by atomic mass is 10.2. The first-order valence-corrected chi connectivity index (χ1v) is 6.09. The van der Waals surface area contributed by atoms with Crippen LogP contribution in [0, 0.1) is 6.92 Å². The molecule has 2 heterocycles. The van der Waals surface area contributed by atoms with Gasteiger partial charge in [0.1, 0.15) is 0 Å². The lowest BCUT2D eigenvalue weighted by Gasteiger charge is -1.97. The second-order valence-corrected chi connectivity index (χ2v) is 5.22. The van der Waals surface area contributed by atoms with Gasteiger partial charge < -0.3 is 4.57 Å². The van der Waals surface area contributed by atoms with Crippen molar-refractivity contribution in [2.75, 3.05) is 0 Å². The summed E-state index contributed by atoms with van der Waals surface area (Å²) in [6, 6.07) is 8.43. The van der Waals surface area contributed by atoms with Gasteiger partial charge in [-0.3, -0.25) is 0 Å². The molecular formula is C13H12N2S. The Bertz CT molecular complexity index is 588. The number of rotatable bonds is 2. The summed E-state index contributed by atoms with van der Waals surface area (Å²) in [5, 5.41) is 3.72. The highest BCUT2D eigenvalue weighted by Crippen LogP contribution is 2.18. The van der Waals surface area contributed by atoms with Crippen LogP contribution in [0.4, 0.5) is 0 Å². The van der Waals surface area contributed by atoms with Crippen LogP contribution in [0.5, 0.6) is 0 Å². The molecule has 0 saturated heterocycles. The molecule has 16 heavy (non-hydrogen) atoms. The third-order valence-corrected chi connectivity index (χ3v) is 3.51. The van der Waals surface area contributed by atoms with Crippen molar-refractivity contribution in [2.24, 2.45) is 0 Å². The number of hydrogen-bond acceptors (Lipinski definition) is 2. The summed E-state index contributed by atoms with van der Waals surface area (Å²) in [6.45, 7) is 2.96. The molecule has 3 rings (SSSR count). The topological polar surface area (TPSA) is 17.8 Å². The monoisotopic (exact) mass is 228 g/mol. The van der Waals surface area contributed by atoms with E-state index in [4.69, 9.17) is 0 Å². The Morgan fingerprint density at radius 2 is 1.88 bits per heavy atom. The van der Waals surface area contributed by atoms with Crippen LogP contribution in [0.1, 0.15) is 9.88 Å². The van der Waals surface area contributed by atoms with Crippen LogP contribution >= 0.6 is 11.3 Å². The first kappa shape index (κ1) is 9.60. The summed E-state index contributed by atoms with van der Waals surface area (Å²) in [4.78, 5) is 5.58. The number of aryl methyl sites for hydroxylation is 1. The summed E-state index contributed by atoms with van der Waals surface area (Å²) in [7, 11) is 0. The zero-order valence-electron chi connectivity index (χ0n) is 9.05. The molecule has 2 nitrogen and oxygen atoms in total. The zero-order valence-corrected chi connectivity index (χ0v) is 9.87. The van der Waals surface area contributed by atoms with E-state index in [2.05, 4.69) is 46.2 Å². The molecular weight excluding hydrogens is 216 g/mol. The third kappa shape index (κ3) is 1.74. The molecule has 0 fully saturated rings. The maximum absolute atomic E-state index is 4.27. The Morgan fingerprint density at radius 3 is 2.44 bits per heavy atom. The number of benzene rings is 1. The molecule has 3 aromatic rings. The van der Waals surface area contributed by atoms with Crippen molar-refractivity contribution >= 4 is 22.1 Å². The van der Waals surface area contributed by atoms with Crippen LogP contribution in [0.3, 0.4) is 0 Å². The Morgan fingerprint density at radius 1 is 1.19 bits per heavy atom. The Hall–Kier alpha value is -1.61. The lowest BCUT2D eigenvalue weighted by molar-refractivity contribution is 0.821. The summed E-state index contributed by atoms with van der Waals surface area (Å²) < 4.78 is 2.22. The normalized spacial score (nSPS) is 11.1. The number of hydrogen-bond donors (Lipinski definition) is 0. The Labute approximate surface area is 98.2 Å². The minimum Gasteiger partial charge on any atom is -0.348 e. The van der Waals surface area contributed by atoms with E-state index in [1.807, 2.05) is 13.1 Å². The van der Waals surface area contributed by atoms with Gasteiger partial charge in [-0.1, -0.05) is 24.3 Å². The van der Waals surface area contributed by atoms with Crippen LogP contribution in [0.15, 0.2) is 42.9 Å². The fraction of sp³-hybridized carbons (Fsp3) is 0.154. The Balaban J connectivity index is 1.95. The summed E-state index contributed by atoms with van der Waals surface area (Å²) >= 11 is 1.76. The molecule has 3 heteroatoms. The van der Waals surface area contributed by atoms with E-state index in [0.717, 1.165) is 11.6 Å². The Kier molecular flexibility index (Phi) is 2.26. The highest BCUT2D eigenvalue weighted by atomic mass is 32.1. The van der Waals surface area contributed by atoms with Gasteiger partial charge in [0, 0.05) is 23.5 Å². The molecule has 0 bridgehead atoms. The molecule has 0 atom stereocenters. The van der Waals surface area contributed by atoms with Crippen molar-refractivity contribution in [3.05, 3.63) is 52.7 Å². The molecule has 0 saturated carbocycles. The number of nitrogens with zero attached hydrogens (tertiary/aromatic N) is 2. The van der Waals surface area contributed by atoms with Gasteiger partial charge in [0.25, 0.3) is 0 Å². The smallest absolute Gasteiger partial charge is 0.0897 e. The largest absolute Gasteiger partial charge is 0.348 e. The van der Waals surface area contributed by atoms with Gasteiger partial charge in [-0.05, 0) is 17.7 Å². The van der Waals surface area contributed by atoms with Crippen LogP contribution in [-0.4, -0.2) is 9.55 Å². The van der Waals surface area contributed by atoms with Gasteiger partial charge in [-0.25, -0.2) is 4.98 Å². The van der Waals surface area contributed by atoms with Crippen molar-refractivity contribution in [3.8, 4) is 0 Å². The highest BCUT2D eigenvalue weighted by molar-refractivity contribution is 7.11. The number of aromatic nitrogens is 2. The highest BCUT2D eigenvalue weighted by Gasteiger charge is 2.01. The fourth-order valence-corrected chi connectivity index (χ4v) is 2.69. The predicted octanol–water partition coefficient (Wildman–Crippen LogP) is 3.45. The first-order valence-electron chi connectivity index (χ1n) is 5.27. The van der Waals surface area contributed by atoms with E-state index in [1.165, 1.54) is 15.6 Å². The van der Waals surface area contributed by atoms with E-state index in [1.54, 1.807) is 11.3 Å². The van der Waals surface area contributed by atoms with Crippen molar-refractivity contribution in [1.29, 1.82) is 0 Å². The average molecular weight is 228 g/mol. The molecule has 0 unspecified atom stereocenters. The molecule has 0 aliphatic rings. The van der Waals surface area contributed by atoms with Crippen molar-refractivity contribution in [2.45, 2.75) is 13.5 Å². The molecule has 0 radical (unpaired) electrons. The maximum Gasteiger partial charge on any atom is 0.0897 e. The van der Waals surface area contributed by atoms with E-state index in [-0.39, 0.29) is 0 Å². The maximum atomic E-state index is 4.27. The third-order valence-electron chi connectivity index (χ3n) is 2.61. The quantitative estimate of drug-likeness (QED) is 0.657. The van der Waals surface area contributed by atoms with Gasteiger partial charge in [0.15, 0.2) is 0 Å². The van der Waals surface area contributed by atoms with Crippen molar-refractivity contribution in [3.63, 3.8) is 0 Å². The van der Waals surface area contributed by atoms with Crippen LogP contribution < -0.4 is 0 Å². The predicted molar refractivity (Wildman–Crippen MR) is 67.9 cm³/mol. The van der Waals surface area contributed by atoms with Gasteiger partial charge in [-0.2, -0.15) is 0 Å². The van der Waals surface area contributed by atoms with Gasteiger partial charge >= 0.3 is 0 Å². The SMILES string of the molecule is Cc1ncc(Cn2cc3ccccc3c2)s1. The molecule has 80 valence electrons. The van der Waals surface area contributed by atoms with Crippen LogP contribution in [0.2, 0.25) is 0 Å². The summed E-state index contributed by atoms with van der Waals surface area (Å²) in [6.07, 6.45) is 6.33. The summed E-state index contributed by atoms with van der Waals surface area (Å²) in [5.41, 5.74) is 0. The molecule has 0 aliphatic heterocycles. The first-order chi connectivity index (χ1) is 7.81. The average Bonchev–Trinajstić information content (AvgIpc) is 2.84. The molecule has 1 aromatic carbocycles. The van der Waals surface area contributed by atoms with Crippen molar-refractivity contribution in [1.82, 2.24) is 9.55 Å². The van der Waals surface area contributed by atoms with E-state index in [9.17, 15) is 0 Å². The van der Waals surface area contributed by atoms with E-state index >= 15 is 0 Å². The fourth-order valence-electron chi connectivity index (χ4n) is 1.89. The van der Waals surface area contributed by atoms with Crippen molar-refractivity contribution < 1.29 is 0 Å². The second kappa shape index (κ2) is 3.76. The molecule has 0 N–H and O–H groups in total. The standard InChI is InChI=1S/C13H12N2S/c1-10-14-6-13(16-10)9-15-7-11-4-2-3-5-12(11)8-15/h2-8H,9H2,1H3. The number of fused-ring (bicyclic) bond motifs is 1. The van der Waals surface area contributed by atoms with Gasteiger partial charge in [0.2, 0.25) is 0 Å². The van der Waals surface area contributed by atoms with E-state index in [0.29, 0.717) is 0 Å². The minimum atomic E-state index is 0.917. The van der Waals surface area contributed by atoms with Crippen LogP contribution in [0.25, 0.3) is 10.8 Å². The van der Waals surface area contributed by atoms with E-state index < -0.39 is 0 Å². The summed E-state index contributed by atoms with van der Waals surface area (Å²) in [5.74, 6) is 0. The van der Waals surface area contributed by atoms with Gasteiger partial charge in [-0.15, -0.1) is 11.3 Å². The molecule has 0 aliphatic carbocycles. The number of thiazole rings is 1. The molecule has 0 spiro atoms. The zero-order chi connectivity index (χ0) is 11.0. The minimum absolute atomic E-state index is 0.917.